The summed E-state index contributed by atoms with van der Waals surface area (Å²) in [7, 11) is 0. The van der Waals surface area contributed by atoms with Crippen LogP contribution in [0.15, 0.2) is 30.3 Å². The molecular weight excluding hydrogens is 580 g/mol. The molecule has 0 aliphatic heterocycles. The summed E-state index contributed by atoms with van der Waals surface area (Å²) in [6.45, 7) is 13.8. The minimum Gasteiger partial charge on any atom is -0.508 e. The molecule has 0 bridgehead atoms. The van der Waals surface area contributed by atoms with Gasteiger partial charge >= 0.3 is 11.9 Å². The number of phenols is 1. The SMILES string of the molecule is C[C@@H]1[C@H]2[C@H]3CC[C@@H]4[C@@]5(C)CC(O)C(O)C(C)(C)[C@@H]5CC[C@@]4(C)[C@]3(COC(=O)/C=C/c3ccc(O)cc3)CC[C@@]2(C(=O)O)CC[C@H]1C. The van der Waals surface area contributed by atoms with Crippen molar-refractivity contribution < 1.29 is 34.8 Å². The number of benzene rings is 1. The maximum atomic E-state index is 13.4. The lowest BCUT2D eigenvalue weighted by Crippen LogP contribution is -2.71. The third-order valence-electron chi connectivity index (χ3n) is 15.4. The second-order valence-electron chi connectivity index (χ2n) is 17.3. The molecule has 0 aromatic heterocycles. The average molecular weight is 637 g/mol. The summed E-state index contributed by atoms with van der Waals surface area (Å²) in [6.07, 6.45) is 8.77. The summed E-state index contributed by atoms with van der Waals surface area (Å²) in [5, 5.41) is 42.9. The molecule has 0 amide bonds. The van der Waals surface area contributed by atoms with E-state index in [1.807, 2.05) is 0 Å². The van der Waals surface area contributed by atoms with Gasteiger partial charge in [0, 0.05) is 11.5 Å². The number of hydrogen-bond donors (Lipinski definition) is 4. The number of fused-ring (bicyclic) bond motifs is 7. The van der Waals surface area contributed by atoms with Crippen molar-refractivity contribution in [1.29, 1.82) is 0 Å². The van der Waals surface area contributed by atoms with E-state index in [-0.39, 0.29) is 52.8 Å². The fourth-order valence-corrected chi connectivity index (χ4v) is 12.9. The van der Waals surface area contributed by atoms with Crippen molar-refractivity contribution >= 4 is 18.0 Å². The fraction of sp³-hybridized carbons (Fsp3) is 0.744. The minimum absolute atomic E-state index is 0.00672. The van der Waals surface area contributed by atoms with Crippen molar-refractivity contribution in [3.05, 3.63) is 35.9 Å². The van der Waals surface area contributed by atoms with Gasteiger partial charge in [0.1, 0.15) is 5.75 Å². The highest BCUT2D eigenvalue weighted by atomic mass is 16.5. The molecule has 5 saturated carbocycles. The maximum absolute atomic E-state index is 13.4. The van der Waals surface area contributed by atoms with Crippen LogP contribution >= 0.6 is 0 Å². The van der Waals surface area contributed by atoms with Crippen LogP contribution in [0.1, 0.15) is 105 Å². The molecule has 6 rings (SSSR count). The van der Waals surface area contributed by atoms with Gasteiger partial charge < -0.3 is 25.2 Å². The van der Waals surface area contributed by atoms with Crippen molar-refractivity contribution in [2.45, 2.75) is 112 Å². The van der Waals surface area contributed by atoms with Gasteiger partial charge in [-0.3, -0.25) is 4.79 Å². The zero-order chi connectivity index (χ0) is 33.4. The normalized spacial score (nSPS) is 46.3. The Morgan fingerprint density at radius 2 is 1.61 bits per heavy atom. The number of aliphatic hydroxyl groups is 2. The van der Waals surface area contributed by atoms with Crippen LogP contribution in [0.4, 0.5) is 0 Å². The Morgan fingerprint density at radius 3 is 2.28 bits per heavy atom. The molecule has 7 heteroatoms. The Morgan fingerprint density at radius 1 is 0.913 bits per heavy atom. The molecule has 1 aromatic rings. The number of rotatable bonds is 5. The highest BCUT2D eigenvalue weighted by Crippen LogP contribution is 2.77. The van der Waals surface area contributed by atoms with Gasteiger partial charge in [0.25, 0.3) is 0 Å². The predicted molar refractivity (Wildman–Crippen MR) is 176 cm³/mol. The Balaban J connectivity index is 1.40. The van der Waals surface area contributed by atoms with Gasteiger partial charge in [-0.05, 0) is 133 Å². The third kappa shape index (κ3) is 4.72. The number of carbonyl (C=O) groups is 2. The first-order chi connectivity index (χ1) is 21.5. The first kappa shape index (κ1) is 33.5. The fourth-order valence-electron chi connectivity index (χ4n) is 12.9. The molecule has 12 atom stereocenters. The Kier molecular flexibility index (Phi) is 8.28. The Bertz CT molecular complexity index is 1370. The van der Waals surface area contributed by atoms with Crippen molar-refractivity contribution in [1.82, 2.24) is 0 Å². The third-order valence-corrected chi connectivity index (χ3v) is 15.4. The quantitative estimate of drug-likeness (QED) is 0.201. The molecule has 7 nitrogen and oxygen atoms in total. The molecule has 0 saturated heterocycles. The van der Waals surface area contributed by atoms with Gasteiger partial charge in [0.15, 0.2) is 0 Å². The highest BCUT2D eigenvalue weighted by molar-refractivity contribution is 5.87. The van der Waals surface area contributed by atoms with Crippen LogP contribution in [-0.4, -0.2) is 51.2 Å². The number of aliphatic carboxylic acids is 1. The number of hydrogen-bond acceptors (Lipinski definition) is 6. The second-order valence-corrected chi connectivity index (χ2v) is 17.3. The van der Waals surface area contributed by atoms with Crippen molar-refractivity contribution in [3.8, 4) is 5.75 Å². The van der Waals surface area contributed by atoms with Gasteiger partial charge in [-0.25, -0.2) is 4.79 Å². The first-order valence-electron chi connectivity index (χ1n) is 17.8. The summed E-state index contributed by atoms with van der Waals surface area (Å²) in [5.74, 6) is 0.378. The lowest BCUT2D eigenvalue weighted by molar-refractivity contribution is -0.282. The number of aliphatic hydroxyl groups excluding tert-OH is 2. The smallest absolute Gasteiger partial charge is 0.330 e. The molecule has 0 spiro atoms. The second kappa shape index (κ2) is 11.4. The lowest BCUT2D eigenvalue weighted by Gasteiger charge is -2.74. The zero-order valence-corrected chi connectivity index (χ0v) is 28.7. The zero-order valence-electron chi connectivity index (χ0n) is 28.7. The highest BCUT2D eigenvalue weighted by Gasteiger charge is 2.73. The number of ether oxygens (including phenoxy) is 1. The summed E-state index contributed by atoms with van der Waals surface area (Å²) >= 11 is 0. The van der Waals surface area contributed by atoms with E-state index in [4.69, 9.17) is 4.74 Å². The van der Waals surface area contributed by atoms with Gasteiger partial charge in [0.05, 0.1) is 24.2 Å². The van der Waals surface area contributed by atoms with E-state index in [9.17, 15) is 30.0 Å². The molecular formula is C39H56O7. The molecule has 5 aliphatic carbocycles. The standard InChI is InChI=1S/C39H56O7/c1-23-15-18-38(34(44)45)19-20-39(22-46-31(42)14-9-25-7-10-26(40)11-8-25)27(32(38)24(23)2)12-13-30-36(5)21-28(41)33(43)35(3,4)29(36)16-17-37(30,39)6/h7-11,14,23-24,27-30,32-33,40-41,43H,12-13,15-22H2,1-6H3,(H,44,45)/b14-9+/t23-,24+,27-,28?,29+,30-,32+,33?,36+,37-,38+,39+/m1/s1. The number of carbonyl (C=O) groups excluding carboxylic acids is 1. The molecule has 1 aromatic carbocycles. The number of phenolic OH excluding ortho intramolecular Hbond substituents is 1. The maximum Gasteiger partial charge on any atom is 0.330 e. The largest absolute Gasteiger partial charge is 0.508 e. The van der Waals surface area contributed by atoms with Crippen LogP contribution in [0, 0.1) is 62.6 Å². The van der Waals surface area contributed by atoms with E-state index < -0.39 is 40.4 Å². The van der Waals surface area contributed by atoms with Crippen LogP contribution in [-0.2, 0) is 14.3 Å². The van der Waals surface area contributed by atoms with Gasteiger partial charge in [0.2, 0.25) is 0 Å². The van der Waals surface area contributed by atoms with E-state index >= 15 is 0 Å². The average Bonchev–Trinajstić information content (AvgIpc) is 3.00. The molecule has 0 radical (unpaired) electrons. The van der Waals surface area contributed by atoms with Crippen molar-refractivity contribution in [2.75, 3.05) is 6.61 Å². The van der Waals surface area contributed by atoms with Crippen LogP contribution in [0.3, 0.4) is 0 Å². The number of carboxylic acids is 1. The van der Waals surface area contributed by atoms with E-state index in [1.165, 1.54) is 6.08 Å². The van der Waals surface area contributed by atoms with Gasteiger partial charge in [-0.1, -0.05) is 53.7 Å². The van der Waals surface area contributed by atoms with E-state index in [2.05, 4.69) is 41.5 Å². The van der Waals surface area contributed by atoms with Crippen LogP contribution in [0.25, 0.3) is 6.08 Å². The summed E-state index contributed by atoms with van der Waals surface area (Å²) < 4.78 is 6.27. The number of carboxylic acid groups (broad SMARTS) is 1. The molecule has 0 heterocycles. The van der Waals surface area contributed by atoms with Crippen LogP contribution in [0.2, 0.25) is 0 Å². The summed E-state index contributed by atoms with van der Waals surface area (Å²) in [4.78, 5) is 26.6. The number of aromatic hydroxyl groups is 1. The molecule has 5 fully saturated rings. The van der Waals surface area contributed by atoms with E-state index in [0.717, 1.165) is 37.7 Å². The monoisotopic (exact) mass is 636 g/mol. The Hall–Kier alpha value is -2.38. The van der Waals surface area contributed by atoms with Gasteiger partial charge in [-0.2, -0.15) is 0 Å². The molecule has 4 N–H and O–H groups in total. The minimum atomic E-state index is -0.791. The summed E-state index contributed by atoms with van der Waals surface area (Å²) in [5.41, 5.74) is -1.22. The molecule has 2 unspecified atom stereocenters. The number of esters is 1. The van der Waals surface area contributed by atoms with E-state index in [1.54, 1.807) is 30.3 Å². The summed E-state index contributed by atoms with van der Waals surface area (Å²) in [6, 6.07) is 6.66. The Labute approximate surface area is 274 Å². The molecule has 254 valence electrons. The topological polar surface area (TPSA) is 124 Å². The molecule has 5 aliphatic rings. The van der Waals surface area contributed by atoms with Gasteiger partial charge in [-0.15, -0.1) is 0 Å². The first-order valence-corrected chi connectivity index (χ1v) is 17.8. The van der Waals surface area contributed by atoms with E-state index in [0.29, 0.717) is 31.6 Å². The van der Waals surface area contributed by atoms with Crippen LogP contribution < -0.4 is 0 Å². The van der Waals surface area contributed by atoms with Crippen molar-refractivity contribution in [3.63, 3.8) is 0 Å². The van der Waals surface area contributed by atoms with Crippen molar-refractivity contribution in [2.24, 2.45) is 62.6 Å². The lowest BCUT2D eigenvalue weighted by atomic mass is 9.30. The van der Waals surface area contributed by atoms with Crippen LogP contribution in [0.5, 0.6) is 5.75 Å². The molecule has 46 heavy (non-hydrogen) atoms. The predicted octanol–water partition coefficient (Wildman–Crippen LogP) is 7.08.